The molecule has 11 heteroatoms. The van der Waals surface area contributed by atoms with Crippen molar-refractivity contribution in [1.29, 1.82) is 0 Å². The van der Waals surface area contributed by atoms with E-state index < -0.39 is 33.1 Å². The van der Waals surface area contributed by atoms with Crippen molar-refractivity contribution in [2.75, 3.05) is 23.3 Å². The zero-order valence-electron chi connectivity index (χ0n) is 25.7. The molecule has 1 amide bonds. The molecule has 242 valence electrons. The number of amides is 1. The molecule has 1 aromatic carbocycles. The van der Waals surface area contributed by atoms with Crippen LogP contribution in [0.4, 0.5) is 11.4 Å². The van der Waals surface area contributed by atoms with E-state index >= 15 is 0 Å². The Kier molecular flexibility index (Phi) is 8.90. The molecule has 1 aromatic rings. The van der Waals surface area contributed by atoms with Crippen molar-refractivity contribution in [3.8, 4) is 0 Å². The van der Waals surface area contributed by atoms with Crippen LogP contribution in [0.5, 0.6) is 0 Å². The molecule has 0 heterocycles. The van der Waals surface area contributed by atoms with Crippen LogP contribution in [-0.2, 0) is 14.9 Å². The van der Waals surface area contributed by atoms with Gasteiger partial charge in [0.05, 0.1) is 18.0 Å². The van der Waals surface area contributed by atoms with Gasteiger partial charge in [0.15, 0.2) is 0 Å². The summed E-state index contributed by atoms with van der Waals surface area (Å²) in [4.78, 5) is 12.4. The highest BCUT2D eigenvalue weighted by Crippen LogP contribution is 2.70. The maximum atomic E-state index is 12.7. The van der Waals surface area contributed by atoms with Gasteiger partial charge < -0.3 is 31.7 Å². The van der Waals surface area contributed by atoms with Gasteiger partial charge in [0, 0.05) is 30.3 Å². The first-order valence-corrected chi connectivity index (χ1v) is 17.6. The van der Waals surface area contributed by atoms with Crippen LogP contribution >= 0.6 is 0 Å². The molecule has 4 aliphatic rings. The second-order valence-corrected chi connectivity index (χ2v) is 16.3. The zero-order chi connectivity index (χ0) is 31.4. The minimum absolute atomic E-state index is 0.0631. The number of nitrogens with one attached hydrogen (secondary N) is 2. The van der Waals surface area contributed by atoms with Crippen molar-refractivity contribution < 1.29 is 33.1 Å². The number of fused-ring (bicyclic) bond motifs is 5. The molecule has 0 spiro atoms. The third-order valence-electron chi connectivity index (χ3n) is 12.4. The van der Waals surface area contributed by atoms with Gasteiger partial charge in [0.25, 0.3) is 10.1 Å². The quantitative estimate of drug-likeness (QED) is 0.123. The Morgan fingerprint density at radius 3 is 2.47 bits per heavy atom. The summed E-state index contributed by atoms with van der Waals surface area (Å²) in [5.74, 6) is -0.327. The van der Waals surface area contributed by atoms with Crippen LogP contribution in [0.15, 0.2) is 24.3 Å². The monoisotopic (exact) mass is 621 g/mol. The average Bonchev–Trinajstić information content (AvgIpc) is 3.28. The molecule has 5 rings (SSSR count). The van der Waals surface area contributed by atoms with E-state index in [9.17, 15) is 28.5 Å². The Balaban J connectivity index is 1.39. The summed E-state index contributed by atoms with van der Waals surface area (Å²) in [7, 11) is -4.13. The van der Waals surface area contributed by atoms with Crippen LogP contribution < -0.4 is 16.4 Å². The second kappa shape index (κ2) is 11.8. The molecule has 43 heavy (non-hydrogen) atoms. The number of aliphatic hydroxyl groups is 3. The van der Waals surface area contributed by atoms with Crippen LogP contribution in [0.1, 0.15) is 78.6 Å². The molecule has 10 nitrogen and oxygen atoms in total. The number of rotatable bonds is 9. The molecule has 11 atom stereocenters. The fraction of sp³-hybridized carbons (Fsp3) is 0.781. The fourth-order valence-corrected chi connectivity index (χ4v) is 10.5. The van der Waals surface area contributed by atoms with Crippen molar-refractivity contribution in [1.82, 2.24) is 5.32 Å². The van der Waals surface area contributed by atoms with Gasteiger partial charge in [0.1, 0.15) is 5.72 Å². The number of hydrogen-bond acceptors (Lipinski definition) is 8. The van der Waals surface area contributed by atoms with Crippen LogP contribution in [0.3, 0.4) is 0 Å². The maximum absolute atomic E-state index is 12.7. The molecule has 4 aliphatic carbocycles. The minimum Gasteiger partial charge on any atom is -0.399 e. The molecule has 0 radical (unpaired) electrons. The topological polar surface area (TPSA) is 182 Å². The van der Waals surface area contributed by atoms with E-state index in [2.05, 4.69) is 31.4 Å². The van der Waals surface area contributed by atoms with E-state index in [0.717, 1.165) is 31.4 Å². The Hall–Kier alpha value is -1.92. The SMILES string of the molecule is C[C@H](CCC(=O)NCCS(=O)(=O)O)[C@H]1CC[C@H]2[C@H]3[C@H](C[C@H](O)[C@]12C)[C@@]1(C)CC[C@@H](O)CC1C[C@]3(O)Nc1ccc(N)cc1. The average molecular weight is 622 g/mol. The smallest absolute Gasteiger partial charge is 0.266 e. The maximum Gasteiger partial charge on any atom is 0.266 e. The van der Waals surface area contributed by atoms with Crippen molar-refractivity contribution in [2.24, 2.45) is 46.3 Å². The third-order valence-corrected chi connectivity index (χ3v) is 13.1. The summed E-state index contributed by atoms with van der Waals surface area (Å²) in [5, 5.41) is 41.4. The number of benzene rings is 1. The number of anilines is 2. The molecule has 4 saturated carbocycles. The van der Waals surface area contributed by atoms with Gasteiger partial charge in [-0.1, -0.05) is 20.8 Å². The summed E-state index contributed by atoms with van der Waals surface area (Å²) >= 11 is 0. The Bertz CT molecular complexity index is 1280. The first-order valence-electron chi connectivity index (χ1n) is 16.0. The van der Waals surface area contributed by atoms with Gasteiger partial charge in [-0.05, 0) is 116 Å². The van der Waals surface area contributed by atoms with Gasteiger partial charge >= 0.3 is 0 Å². The van der Waals surface area contributed by atoms with Gasteiger partial charge in [-0.25, -0.2) is 0 Å². The molecule has 0 saturated heterocycles. The predicted octanol–water partition coefficient (Wildman–Crippen LogP) is 3.39. The summed E-state index contributed by atoms with van der Waals surface area (Å²) < 4.78 is 30.9. The molecule has 8 N–H and O–H groups in total. The van der Waals surface area contributed by atoms with Crippen molar-refractivity contribution in [3.05, 3.63) is 24.3 Å². The number of nitrogen functional groups attached to an aromatic ring is 1. The van der Waals surface area contributed by atoms with Crippen molar-refractivity contribution in [3.63, 3.8) is 0 Å². The second-order valence-electron chi connectivity index (χ2n) is 14.7. The number of aliphatic hydroxyl groups excluding tert-OH is 2. The van der Waals surface area contributed by atoms with Crippen LogP contribution in [0.25, 0.3) is 0 Å². The number of nitrogens with two attached hydrogens (primary N) is 1. The zero-order valence-corrected chi connectivity index (χ0v) is 26.5. The standard InChI is InChI=1S/C32H51N3O7S/c1-19(4-11-28(38)34-14-15-43(40,41)42)24-9-10-25-29-26(17-27(37)31(24,25)3)30(2)13-12-23(36)16-20(30)18-32(29,39)35-22-7-5-21(33)6-8-22/h5-8,19-20,23-27,29,35-37,39H,4,9-18,33H2,1-3H3,(H,34,38)(H,40,41,42)/t19-,20?,23-,24-,25+,26+,27+,29+,30+,31-,32-/m1/s1. The first kappa shape index (κ1) is 32.5. The van der Waals surface area contributed by atoms with Gasteiger partial charge in [-0.2, -0.15) is 8.42 Å². The summed E-state index contributed by atoms with van der Waals surface area (Å²) in [6.07, 6.45) is 5.04. The number of carbonyl (C=O) groups excluding carboxylic acids is 1. The third kappa shape index (κ3) is 6.17. The number of hydrogen-bond donors (Lipinski definition) is 7. The summed E-state index contributed by atoms with van der Waals surface area (Å²) in [5.41, 5.74) is 5.63. The van der Waals surface area contributed by atoms with E-state index in [-0.39, 0.29) is 65.9 Å². The molecular formula is C32H51N3O7S. The van der Waals surface area contributed by atoms with Crippen molar-refractivity contribution >= 4 is 27.4 Å². The highest BCUT2D eigenvalue weighted by molar-refractivity contribution is 7.85. The van der Waals surface area contributed by atoms with E-state index in [4.69, 9.17) is 10.3 Å². The molecule has 0 bridgehead atoms. The first-order chi connectivity index (χ1) is 20.1. The van der Waals surface area contributed by atoms with Crippen LogP contribution in [-0.4, -0.2) is 64.4 Å². The molecular weight excluding hydrogens is 570 g/mol. The van der Waals surface area contributed by atoms with Crippen LogP contribution in [0, 0.1) is 46.3 Å². The normalized spacial score (nSPS) is 41.4. The van der Waals surface area contributed by atoms with Gasteiger partial charge in [-0.15, -0.1) is 0 Å². The minimum atomic E-state index is -4.13. The van der Waals surface area contributed by atoms with E-state index in [1.54, 1.807) is 0 Å². The predicted molar refractivity (Wildman–Crippen MR) is 165 cm³/mol. The lowest BCUT2D eigenvalue weighted by Crippen LogP contribution is -2.68. The lowest BCUT2D eigenvalue weighted by Gasteiger charge is -2.66. The van der Waals surface area contributed by atoms with Crippen molar-refractivity contribution in [2.45, 2.75) is 96.5 Å². The van der Waals surface area contributed by atoms with E-state index in [0.29, 0.717) is 31.4 Å². The van der Waals surface area contributed by atoms with E-state index in [1.807, 2.05) is 24.3 Å². The van der Waals surface area contributed by atoms with E-state index in [1.165, 1.54) is 0 Å². The molecule has 1 unspecified atom stereocenters. The van der Waals surface area contributed by atoms with Gasteiger partial charge in [0.2, 0.25) is 5.91 Å². The lowest BCUT2D eigenvalue weighted by molar-refractivity contribution is -0.234. The summed E-state index contributed by atoms with van der Waals surface area (Å²) in [6, 6.07) is 7.43. The summed E-state index contributed by atoms with van der Waals surface area (Å²) in [6.45, 7) is 6.49. The lowest BCUT2D eigenvalue weighted by atomic mass is 9.41. The largest absolute Gasteiger partial charge is 0.399 e. The van der Waals surface area contributed by atoms with Crippen LogP contribution in [0.2, 0.25) is 0 Å². The number of carbonyl (C=O) groups is 1. The molecule has 0 aliphatic heterocycles. The molecule has 0 aromatic heterocycles. The highest BCUT2D eigenvalue weighted by Gasteiger charge is 2.69. The Labute approximate surface area is 256 Å². The highest BCUT2D eigenvalue weighted by atomic mass is 32.2. The Morgan fingerprint density at radius 2 is 1.79 bits per heavy atom. The fourth-order valence-electron chi connectivity index (χ4n) is 10.1. The van der Waals surface area contributed by atoms with Gasteiger partial charge in [-0.3, -0.25) is 9.35 Å². The molecule has 4 fully saturated rings. The Morgan fingerprint density at radius 1 is 1.09 bits per heavy atom.